The lowest BCUT2D eigenvalue weighted by atomic mass is 10.1. The number of hydrogen-bond donors (Lipinski definition) is 1. The predicted molar refractivity (Wildman–Crippen MR) is 87.4 cm³/mol. The summed E-state index contributed by atoms with van der Waals surface area (Å²) >= 11 is 0. The van der Waals surface area contributed by atoms with E-state index in [2.05, 4.69) is 10.4 Å². The topological polar surface area (TPSA) is 73.2 Å². The maximum Gasteiger partial charge on any atom is 0.310 e. The molecule has 23 heavy (non-hydrogen) atoms. The second kappa shape index (κ2) is 7.09. The number of anilines is 1. The summed E-state index contributed by atoms with van der Waals surface area (Å²) < 4.78 is 6.60. The van der Waals surface area contributed by atoms with E-state index in [-0.39, 0.29) is 18.3 Å². The molecule has 6 heteroatoms. The van der Waals surface area contributed by atoms with Crippen molar-refractivity contribution >= 4 is 17.6 Å². The summed E-state index contributed by atoms with van der Waals surface area (Å²) in [6.07, 6.45) is 0.225. The molecule has 0 atom stereocenters. The molecule has 0 aliphatic carbocycles. The van der Waals surface area contributed by atoms with E-state index in [1.807, 2.05) is 20.9 Å². The number of aryl methyl sites for hydroxylation is 2. The molecule has 1 N–H and O–H groups in total. The van der Waals surface area contributed by atoms with E-state index in [4.69, 9.17) is 4.74 Å². The van der Waals surface area contributed by atoms with Gasteiger partial charge in [-0.3, -0.25) is 14.3 Å². The molecule has 0 fully saturated rings. The normalized spacial score (nSPS) is 10.4. The zero-order chi connectivity index (χ0) is 17.0. The molecule has 2 rings (SSSR count). The summed E-state index contributed by atoms with van der Waals surface area (Å²) in [4.78, 5) is 23.8. The van der Waals surface area contributed by atoms with Crippen molar-refractivity contribution in [3.63, 3.8) is 0 Å². The third kappa shape index (κ3) is 3.97. The summed E-state index contributed by atoms with van der Waals surface area (Å²) in [6, 6.07) is 7.14. The van der Waals surface area contributed by atoms with Crippen LogP contribution in [0, 0.1) is 13.8 Å². The molecule has 0 radical (unpaired) electrons. The SMILES string of the molecule is CCOC(=O)Cc1ccc(NC(=O)c2c(C)nn(C)c2C)cc1. The Labute approximate surface area is 135 Å². The Kier molecular flexibility index (Phi) is 5.16. The first kappa shape index (κ1) is 16.7. The van der Waals surface area contributed by atoms with Crippen LogP contribution in [0.3, 0.4) is 0 Å². The molecule has 0 aliphatic heterocycles. The fraction of sp³-hybridized carbons (Fsp3) is 0.353. The van der Waals surface area contributed by atoms with E-state index in [0.717, 1.165) is 11.3 Å². The molecule has 0 spiro atoms. The number of rotatable bonds is 5. The third-order valence-electron chi connectivity index (χ3n) is 3.60. The van der Waals surface area contributed by atoms with Gasteiger partial charge in [-0.1, -0.05) is 12.1 Å². The van der Waals surface area contributed by atoms with Crippen LogP contribution < -0.4 is 5.32 Å². The monoisotopic (exact) mass is 315 g/mol. The molecule has 122 valence electrons. The summed E-state index contributed by atoms with van der Waals surface area (Å²) in [5, 5.41) is 7.09. The van der Waals surface area contributed by atoms with E-state index in [0.29, 0.717) is 23.6 Å². The van der Waals surface area contributed by atoms with Crippen LogP contribution in [0.2, 0.25) is 0 Å². The fourth-order valence-electron chi connectivity index (χ4n) is 2.38. The van der Waals surface area contributed by atoms with Gasteiger partial charge in [0.25, 0.3) is 5.91 Å². The van der Waals surface area contributed by atoms with Gasteiger partial charge in [-0.2, -0.15) is 5.10 Å². The van der Waals surface area contributed by atoms with E-state index in [1.54, 1.807) is 35.9 Å². The van der Waals surface area contributed by atoms with Crippen LogP contribution in [0.5, 0.6) is 0 Å². The number of aromatic nitrogens is 2. The lowest BCUT2D eigenvalue weighted by Gasteiger charge is -2.07. The molecule has 6 nitrogen and oxygen atoms in total. The fourth-order valence-corrected chi connectivity index (χ4v) is 2.38. The van der Waals surface area contributed by atoms with Crippen LogP contribution in [0.1, 0.15) is 34.2 Å². The molecule has 1 aromatic carbocycles. The van der Waals surface area contributed by atoms with Gasteiger partial charge in [0.05, 0.1) is 24.3 Å². The van der Waals surface area contributed by atoms with Gasteiger partial charge in [0, 0.05) is 18.4 Å². The van der Waals surface area contributed by atoms with Crippen LogP contribution in [-0.4, -0.2) is 28.3 Å². The van der Waals surface area contributed by atoms with Gasteiger partial charge in [-0.05, 0) is 38.5 Å². The third-order valence-corrected chi connectivity index (χ3v) is 3.60. The van der Waals surface area contributed by atoms with Crippen molar-refractivity contribution in [3.05, 3.63) is 46.8 Å². The first-order valence-electron chi connectivity index (χ1n) is 7.48. The van der Waals surface area contributed by atoms with Crippen molar-refractivity contribution in [2.45, 2.75) is 27.2 Å². The van der Waals surface area contributed by atoms with Crippen molar-refractivity contribution in [3.8, 4) is 0 Å². The van der Waals surface area contributed by atoms with Crippen LogP contribution in [0.4, 0.5) is 5.69 Å². The number of nitrogens with zero attached hydrogens (tertiary/aromatic N) is 2. The maximum atomic E-state index is 12.4. The zero-order valence-corrected chi connectivity index (χ0v) is 13.8. The van der Waals surface area contributed by atoms with E-state index >= 15 is 0 Å². The molecule has 2 aromatic rings. The summed E-state index contributed by atoms with van der Waals surface area (Å²) in [5.41, 5.74) is 3.61. The Morgan fingerprint density at radius 1 is 1.22 bits per heavy atom. The van der Waals surface area contributed by atoms with Crippen molar-refractivity contribution in [2.24, 2.45) is 7.05 Å². The molecular formula is C17H21N3O3. The molecule has 1 heterocycles. The van der Waals surface area contributed by atoms with Crippen molar-refractivity contribution in [2.75, 3.05) is 11.9 Å². The van der Waals surface area contributed by atoms with Gasteiger partial charge in [-0.25, -0.2) is 0 Å². The molecule has 0 aliphatic rings. The molecule has 0 unspecified atom stereocenters. The van der Waals surface area contributed by atoms with Gasteiger partial charge >= 0.3 is 5.97 Å². The lowest BCUT2D eigenvalue weighted by Crippen LogP contribution is -2.14. The van der Waals surface area contributed by atoms with Crippen molar-refractivity contribution in [1.29, 1.82) is 0 Å². The number of ether oxygens (including phenoxy) is 1. The smallest absolute Gasteiger partial charge is 0.310 e. The van der Waals surface area contributed by atoms with Crippen molar-refractivity contribution < 1.29 is 14.3 Å². The second-order valence-electron chi connectivity index (χ2n) is 5.30. The number of carbonyl (C=O) groups excluding carboxylic acids is 2. The van der Waals surface area contributed by atoms with Crippen LogP contribution >= 0.6 is 0 Å². The Balaban J connectivity index is 2.06. The molecule has 0 bridgehead atoms. The minimum Gasteiger partial charge on any atom is -0.466 e. The summed E-state index contributed by atoms with van der Waals surface area (Å²) in [5.74, 6) is -0.447. The lowest BCUT2D eigenvalue weighted by molar-refractivity contribution is -0.142. The molecule has 1 aromatic heterocycles. The van der Waals surface area contributed by atoms with E-state index < -0.39 is 0 Å². The highest BCUT2D eigenvalue weighted by Crippen LogP contribution is 2.16. The highest BCUT2D eigenvalue weighted by Gasteiger charge is 2.17. The Morgan fingerprint density at radius 2 is 1.87 bits per heavy atom. The number of benzene rings is 1. The number of esters is 1. The first-order chi connectivity index (χ1) is 10.9. The highest BCUT2D eigenvalue weighted by atomic mass is 16.5. The average Bonchev–Trinajstić information content (AvgIpc) is 2.74. The molecule has 1 amide bonds. The molecule has 0 saturated carbocycles. The standard InChI is InChI=1S/C17H21N3O3/c1-5-23-15(21)10-13-6-8-14(9-7-13)18-17(22)16-11(2)19-20(4)12(16)3/h6-9H,5,10H2,1-4H3,(H,18,22). The first-order valence-corrected chi connectivity index (χ1v) is 7.48. The number of nitrogens with one attached hydrogen (secondary N) is 1. The highest BCUT2D eigenvalue weighted by molar-refractivity contribution is 6.05. The number of hydrogen-bond acceptors (Lipinski definition) is 4. The average molecular weight is 315 g/mol. The Hall–Kier alpha value is -2.63. The van der Waals surface area contributed by atoms with Gasteiger partial charge in [0.1, 0.15) is 0 Å². The minimum atomic E-state index is -0.258. The molecule has 0 saturated heterocycles. The van der Waals surface area contributed by atoms with Gasteiger partial charge in [0.15, 0.2) is 0 Å². The predicted octanol–water partition coefficient (Wildman–Crippen LogP) is 2.39. The largest absolute Gasteiger partial charge is 0.466 e. The van der Waals surface area contributed by atoms with Crippen LogP contribution in [0.15, 0.2) is 24.3 Å². The number of amides is 1. The van der Waals surface area contributed by atoms with Crippen molar-refractivity contribution in [1.82, 2.24) is 9.78 Å². The van der Waals surface area contributed by atoms with Gasteiger partial charge in [-0.15, -0.1) is 0 Å². The maximum absolute atomic E-state index is 12.4. The second-order valence-corrected chi connectivity index (χ2v) is 5.30. The summed E-state index contributed by atoms with van der Waals surface area (Å²) in [6.45, 7) is 5.82. The Morgan fingerprint density at radius 3 is 2.39 bits per heavy atom. The molecular weight excluding hydrogens is 294 g/mol. The van der Waals surface area contributed by atoms with Gasteiger partial charge < -0.3 is 10.1 Å². The van der Waals surface area contributed by atoms with E-state index in [1.165, 1.54) is 0 Å². The quantitative estimate of drug-likeness (QED) is 0.860. The minimum absolute atomic E-state index is 0.189. The van der Waals surface area contributed by atoms with E-state index in [9.17, 15) is 9.59 Å². The number of carbonyl (C=O) groups is 2. The van der Waals surface area contributed by atoms with Gasteiger partial charge in [0.2, 0.25) is 0 Å². The summed E-state index contributed by atoms with van der Waals surface area (Å²) in [7, 11) is 1.81. The van der Waals surface area contributed by atoms with Crippen LogP contribution in [-0.2, 0) is 23.0 Å². The Bertz CT molecular complexity index is 717. The zero-order valence-electron chi connectivity index (χ0n) is 13.8. The van der Waals surface area contributed by atoms with Crippen LogP contribution in [0.25, 0.3) is 0 Å².